The fraction of sp³-hybridized carbons (Fsp3) is 0.444. The van der Waals surface area contributed by atoms with Gasteiger partial charge in [-0.2, -0.15) is 0 Å². The summed E-state index contributed by atoms with van der Waals surface area (Å²) in [5.41, 5.74) is 3.90. The fourth-order valence-corrected chi connectivity index (χ4v) is 4.32. The Bertz CT molecular complexity index is 1020. The van der Waals surface area contributed by atoms with Gasteiger partial charge in [0.2, 0.25) is 5.91 Å². The molecule has 0 saturated carbocycles. The number of carboxylic acids is 1. The molecule has 2 amide bonds. The smallest absolute Gasteiger partial charge is 0.407 e. The maximum absolute atomic E-state index is 12.4. The first kappa shape index (κ1) is 26.2. The van der Waals surface area contributed by atoms with E-state index in [1.54, 1.807) is 20.8 Å². The number of methoxy groups -OCH3 is 1. The molecule has 3 N–H and O–H groups in total. The number of nitrogens with one attached hydrogen (secondary N) is 2. The second kappa shape index (κ2) is 11.4. The zero-order valence-corrected chi connectivity index (χ0v) is 20.7. The number of carbonyl (C=O) groups is 3. The number of rotatable bonds is 11. The van der Waals surface area contributed by atoms with Crippen LogP contribution < -0.4 is 10.6 Å². The number of hydrogen-bond donors (Lipinski definition) is 3. The van der Waals surface area contributed by atoms with Crippen LogP contribution in [0.2, 0.25) is 0 Å². The molecule has 1 aliphatic rings. The van der Waals surface area contributed by atoms with Crippen molar-refractivity contribution >= 4 is 18.0 Å². The van der Waals surface area contributed by atoms with Gasteiger partial charge in [-0.3, -0.25) is 4.79 Å². The Morgan fingerprint density at radius 3 is 2.14 bits per heavy atom. The maximum atomic E-state index is 12.4. The van der Waals surface area contributed by atoms with Gasteiger partial charge < -0.3 is 25.2 Å². The van der Waals surface area contributed by atoms with Crippen LogP contribution >= 0.6 is 0 Å². The lowest BCUT2D eigenvalue weighted by Crippen LogP contribution is -2.46. The van der Waals surface area contributed by atoms with Crippen molar-refractivity contribution in [1.82, 2.24) is 10.6 Å². The fourth-order valence-electron chi connectivity index (χ4n) is 4.32. The molecule has 0 aliphatic heterocycles. The Balaban J connectivity index is 1.46. The summed E-state index contributed by atoms with van der Waals surface area (Å²) in [6.45, 7) is 5.76. The molecule has 188 valence electrons. The molecule has 2 aromatic carbocycles. The minimum atomic E-state index is -1.12. The zero-order valence-electron chi connectivity index (χ0n) is 20.7. The third-order valence-corrected chi connectivity index (χ3v) is 6.35. The molecule has 2 unspecified atom stereocenters. The van der Waals surface area contributed by atoms with Gasteiger partial charge in [0.15, 0.2) is 0 Å². The molecule has 2 atom stereocenters. The molecule has 1 aliphatic carbocycles. The first-order valence-electron chi connectivity index (χ1n) is 11.8. The van der Waals surface area contributed by atoms with Crippen molar-refractivity contribution in [2.75, 3.05) is 20.3 Å². The molecule has 0 aromatic heterocycles. The Morgan fingerprint density at radius 2 is 1.60 bits per heavy atom. The first-order chi connectivity index (χ1) is 16.6. The van der Waals surface area contributed by atoms with Crippen LogP contribution in [0.3, 0.4) is 0 Å². The highest BCUT2D eigenvalue weighted by molar-refractivity contribution is 5.83. The van der Waals surface area contributed by atoms with Gasteiger partial charge in [0.25, 0.3) is 0 Å². The first-order valence-corrected chi connectivity index (χ1v) is 11.8. The summed E-state index contributed by atoms with van der Waals surface area (Å²) in [6, 6.07) is 15.2. The average molecular weight is 483 g/mol. The summed E-state index contributed by atoms with van der Waals surface area (Å²) in [5.74, 6) is -1.75. The molecule has 3 rings (SSSR count). The summed E-state index contributed by atoms with van der Waals surface area (Å²) in [5, 5.41) is 14.7. The highest BCUT2D eigenvalue weighted by Crippen LogP contribution is 2.44. The number of fused-ring (bicyclic) bond motifs is 3. The number of hydrogen-bond acceptors (Lipinski definition) is 5. The number of benzene rings is 2. The molecule has 0 heterocycles. The van der Waals surface area contributed by atoms with Crippen LogP contribution in [0, 0.1) is 5.92 Å². The predicted octanol–water partition coefficient (Wildman–Crippen LogP) is 3.94. The summed E-state index contributed by atoms with van der Waals surface area (Å²) >= 11 is 0. The van der Waals surface area contributed by atoms with Gasteiger partial charge in [0.1, 0.15) is 12.6 Å². The van der Waals surface area contributed by atoms with Gasteiger partial charge in [0.05, 0.1) is 5.60 Å². The van der Waals surface area contributed by atoms with E-state index in [2.05, 4.69) is 34.9 Å². The van der Waals surface area contributed by atoms with E-state index in [9.17, 15) is 19.5 Å². The minimum Gasteiger partial charge on any atom is -0.480 e. The number of alkyl carbamates (subject to hydrolysis) is 1. The quantitative estimate of drug-likeness (QED) is 0.447. The lowest BCUT2D eigenvalue weighted by atomic mass is 9.98. The summed E-state index contributed by atoms with van der Waals surface area (Å²) in [6.07, 6.45) is -0.345. The molecule has 2 aromatic rings. The molecular formula is C27H34N2O6. The van der Waals surface area contributed by atoms with Gasteiger partial charge in [-0.1, -0.05) is 55.5 Å². The van der Waals surface area contributed by atoms with E-state index >= 15 is 0 Å². The number of carboxylic acid groups (broad SMARTS) is 1. The van der Waals surface area contributed by atoms with Gasteiger partial charge in [-0.15, -0.1) is 0 Å². The monoisotopic (exact) mass is 482 g/mol. The average Bonchev–Trinajstić information content (AvgIpc) is 3.14. The van der Waals surface area contributed by atoms with Gasteiger partial charge >= 0.3 is 12.1 Å². The van der Waals surface area contributed by atoms with E-state index in [1.807, 2.05) is 24.3 Å². The molecule has 0 fully saturated rings. The Morgan fingerprint density at radius 1 is 1.03 bits per heavy atom. The standard InChI is InChI=1S/C27H34N2O6/c1-17(13-24(30)29-23(25(31)32)14-27(2,3)34-4)15-28-26(33)35-16-22-20-11-7-5-9-18(20)19-10-6-8-12-21(19)22/h5-12,17,22-23H,13-16H2,1-4H3,(H,28,33)(H,29,30)(H,31,32). The second-order valence-electron chi connectivity index (χ2n) is 9.64. The second-order valence-corrected chi connectivity index (χ2v) is 9.64. The predicted molar refractivity (Wildman–Crippen MR) is 132 cm³/mol. The number of ether oxygens (including phenoxy) is 2. The van der Waals surface area contributed by atoms with E-state index in [0.717, 1.165) is 22.3 Å². The third kappa shape index (κ3) is 6.82. The van der Waals surface area contributed by atoms with Crippen molar-refractivity contribution < 1.29 is 29.0 Å². The van der Waals surface area contributed by atoms with Crippen molar-refractivity contribution in [2.45, 2.75) is 51.2 Å². The molecule has 0 radical (unpaired) electrons. The number of aliphatic carboxylic acids is 1. The number of amides is 2. The van der Waals surface area contributed by atoms with Crippen molar-refractivity contribution in [3.05, 3.63) is 59.7 Å². The normalized spacial score (nSPS) is 14.4. The summed E-state index contributed by atoms with van der Waals surface area (Å²) in [4.78, 5) is 36.2. The molecular weight excluding hydrogens is 448 g/mol. The van der Waals surface area contributed by atoms with Crippen molar-refractivity contribution in [1.29, 1.82) is 0 Å². The zero-order chi connectivity index (χ0) is 25.6. The lowest BCUT2D eigenvalue weighted by Gasteiger charge is -2.27. The van der Waals surface area contributed by atoms with E-state index < -0.39 is 29.6 Å². The van der Waals surface area contributed by atoms with E-state index in [0.29, 0.717) is 0 Å². The highest BCUT2D eigenvalue weighted by atomic mass is 16.5. The van der Waals surface area contributed by atoms with Crippen LogP contribution in [0.1, 0.15) is 50.7 Å². The Kier molecular flexibility index (Phi) is 8.51. The van der Waals surface area contributed by atoms with Crippen LogP contribution in [0.25, 0.3) is 11.1 Å². The van der Waals surface area contributed by atoms with E-state index in [4.69, 9.17) is 9.47 Å². The lowest BCUT2D eigenvalue weighted by molar-refractivity contribution is -0.144. The van der Waals surface area contributed by atoms with Crippen molar-refractivity contribution in [3.8, 4) is 11.1 Å². The minimum absolute atomic E-state index is 0.0272. The number of carbonyl (C=O) groups excluding carboxylic acids is 2. The van der Waals surface area contributed by atoms with Gasteiger partial charge in [0, 0.05) is 32.4 Å². The Hall–Kier alpha value is -3.39. The third-order valence-electron chi connectivity index (χ3n) is 6.35. The van der Waals surface area contributed by atoms with Crippen LogP contribution in [0.4, 0.5) is 4.79 Å². The van der Waals surface area contributed by atoms with Crippen LogP contribution in [0.15, 0.2) is 48.5 Å². The molecule has 0 bridgehead atoms. The summed E-state index contributed by atoms with van der Waals surface area (Å²) < 4.78 is 10.8. The Labute approximate surface area is 206 Å². The van der Waals surface area contributed by atoms with Crippen molar-refractivity contribution in [3.63, 3.8) is 0 Å². The molecule has 0 saturated heterocycles. The van der Waals surface area contributed by atoms with Crippen LogP contribution in [-0.4, -0.2) is 55.0 Å². The van der Waals surface area contributed by atoms with Gasteiger partial charge in [-0.05, 0) is 42.0 Å². The molecule has 0 spiro atoms. The maximum Gasteiger partial charge on any atom is 0.407 e. The molecule has 8 nitrogen and oxygen atoms in total. The van der Waals surface area contributed by atoms with Crippen LogP contribution in [-0.2, 0) is 19.1 Å². The molecule has 8 heteroatoms. The van der Waals surface area contributed by atoms with Crippen LogP contribution in [0.5, 0.6) is 0 Å². The highest BCUT2D eigenvalue weighted by Gasteiger charge is 2.30. The topological polar surface area (TPSA) is 114 Å². The summed E-state index contributed by atoms with van der Waals surface area (Å²) in [7, 11) is 1.50. The van der Waals surface area contributed by atoms with E-state index in [-0.39, 0.29) is 37.8 Å². The molecule has 35 heavy (non-hydrogen) atoms. The SMILES string of the molecule is COC(C)(C)CC(NC(=O)CC(C)CNC(=O)OCC1c2ccccc2-c2ccccc21)C(=O)O. The largest absolute Gasteiger partial charge is 0.480 e. The van der Waals surface area contributed by atoms with Gasteiger partial charge in [-0.25, -0.2) is 9.59 Å². The van der Waals surface area contributed by atoms with Crippen molar-refractivity contribution in [2.24, 2.45) is 5.92 Å². The van der Waals surface area contributed by atoms with E-state index in [1.165, 1.54) is 7.11 Å².